The molecule has 3 nitrogen and oxygen atoms in total. The summed E-state index contributed by atoms with van der Waals surface area (Å²) in [5.74, 6) is 0.832. The smallest absolute Gasteiger partial charge is 0.280 e. The highest BCUT2D eigenvalue weighted by Gasteiger charge is 2.42. The maximum atomic E-state index is 13.4. The molecule has 0 unspecified atom stereocenters. The van der Waals surface area contributed by atoms with E-state index in [2.05, 4.69) is 21.1 Å². The van der Waals surface area contributed by atoms with Gasteiger partial charge >= 0.3 is 0 Å². The van der Waals surface area contributed by atoms with Gasteiger partial charge in [-0.05, 0) is 46.0 Å². The van der Waals surface area contributed by atoms with Gasteiger partial charge in [0.05, 0.1) is 4.47 Å². The topological polar surface area (TPSA) is 46.0 Å². The molecule has 2 aromatic rings. The van der Waals surface area contributed by atoms with E-state index < -0.39 is 0 Å². The van der Waals surface area contributed by atoms with E-state index in [0.717, 1.165) is 12.0 Å². The van der Waals surface area contributed by atoms with Crippen LogP contribution in [0.5, 0.6) is 0 Å². The molecule has 1 N–H and O–H groups in total. The van der Waals surface area contributed by atoms with Gasteiger partial charge in [0.1, 0.15) is 11.6 Å². The third-order valence-electron chi connectivity index (χ3n) is 3.07. The number of aromatic amines is 1. The lowest BCUT2D eigenvalue weighted by Gasteiger charge is -2.00. The van der Waals surface area contributed by atoms with Crippen molar-refractivity contribution < 1.29 is 8.91 Å². The molecule has 17 heavy (non-hydrogen) atoms. The Morgan fingerprint density at radius 1 is 1.35 bits per heavy atom. The number of halogens is 2. The quantitative estimate of drug-likeness (QED) is 0.925. The molecule has 0 saturated heterocycles. The summed E-state index contributed by atoms with van der Waals surface area (Å²) in [4.78, 5) is 10.9. The van der Waals surface area contributed by atoms with E-state index in [1.807, 2.05) is 6.07 Å². The molecule has 1 saturated carbocycles. The van der Waals surface area contributed by atoms with Crippen molar-refractivity contribution in [2.75, 3.05) is 0 Å². The third kappa shape index (κ3) is 1.95. The van der Waals surface area contributed by atoms with Crippen LogP contribution in [-0.2, 0) is 0 Å². The molecule has 0 spiro atoms. The van der Waals surface area contributed by atoms with Crippen molar-refractivity contribution in [2.45, 2.75) is 18.3 Å². The summed E-state index contributed by atoms with van der Waals surface area (Å²) in [6.45, 7) is 0. The van der Waals surface area contributed by atoms with Gasteiger partial charge in [0.2, 0.25) is 0 Å². The number of benzene rings is 1. The summed E-state index contributed by atoms with van der Waals surface area (Å²) < 4.78 is 18.9. The fourth-order valence-electron chi connectivity index (χ4n) is 2.10. The van der Waals surface area contributed by atoms with Gasteiger partial charge < -0.3 is 4.52 Å². The van der Waals surface area contributed by atoms with Crippen molar-refractivity contribution in [3.63, 3.8) is 0 Å². The lowest BCUT2D eigenvalue weighted by atomic mass is 10.1. The van der Waals surface area contributed by atoms with Gasteiger partial charge in [-0.15, -0.1) is 0 Å². The number of aromatic nitrogens is 1. The fourth-order valence-corrected chi connectivity index (χ4v) is 2.35. The van der Waals surface area contributed by atoms with Gasteiger partial charge in [0.15, 0.2) is 0 Å². The Kier molecular flexibility index (Phi) is 2.43. The molecular formula is C12H9BrFNO2. The average Bonchev–Trinajstić information content (AvgIpc) is 2.99. The van der Waals surface area contributed by atoms with Gasteiger partial charge in [-0.25, -0.2) is 4.39 Å². The molecule has 5 heteroatoms. The highest BCUT2D eigenvalue weighted by molar-refractivity contribution is 9.10. The largest absolute Gasteiger partial charge is 0.383 e. The molecule has 0 amide bonds. The first-order chi connectivity index (χ1) is 8.15. The van der Waals surface area contributed by atoms with Crippen molar-refractivity contribution in [2.24, 2.45) is 0 Å². The second-order valence-electron chi connectivity index (χ2n) is 4.24. The molecule has 0 bridgehead atoms. The van der Waals surface area contributed by atoms with E-state index in [0.29, 0.717) is 10.2 Å². The van der Waals surface area contributed by atoms with Crippen molar-refractivity contribution in [1.82, 2.24) is 5.16 Å². The Labute approximate surface area is 105 Å². The number of hydrogen-bond acceptors (Lipinski definition) is 2. The van der Waals surface area contributed by atoms with Crippen LogP contribution in [-0.4, -0.2) is 5.16 Å². The molecule has 3 rings (SSSR count). The van der Waals surface area contributed by atoms with Crippen LogP contribution < -0.4 is 5.56 Å². The Balaban J connectivity index is 1.84. The lowest BCUT2D eigenvalue weighted by molar-refractivity contribution is 0.378. The van der Waals surface area contributed by atoms with Crippen LogP contribution in [0.3, 0.4) is 0 Å². The summed E-state index contributed by atoms with van der Waals surface area (Å²) in [5.41, 5.74) is 0.715. The summed E-state index contributed by atoms with van der Waals surface area (Å²) in [5, 5.41) is 2.27. The van der Waals surface area contributed by atoms with Gasteiger partial charge in [-0.3, -0.25) is 4.79 Å². The van der Waals surface area contributed by atoms with Crippen LogP contribution >= 0.6 is 15.9 Å². The predicted molar refractivity (Wildman–Crippen MR) is 63.5 cm³/mol. The highest BCUT2D eigenvalue weighted by atomic mass is 79.9. The molecule has 1 aromatic carbocycles. The highest BCUT2D eigenvalue weighted by Crippen LogP contribution is 2.54. The van der Waals surface area contributed by atoms with E-state index in [-0.39, 0.29) is 23.2 Å². The van der Waals surface area contributed by atoms with E-state index in [1.165, 1.54) is 12.1 Å². The van der Waals surface area contributed by atoms with Crippen LogP contribution in [0.1, 0.15) is 29.6 Å². The molecule has 0 radical (unpaired) electrons. The van der Waals surface area contributed by atoms with Gasteiger partial charge in [0.25, 0.3) is 5.56 Å². The standard InChI is InChI=1S/C12H9BrFNO2/c13-9-2-1-6(3-10(9)14)7-4-8(7)11-5-12(16)15-17-11/h1-3,5,7-8H,4H2,(H,15,16)/t7-,8+/m0/s1. The minimum atomic E-state index is -0.260. The minimum Gasteiger partial charge on any atom is -0.383 e. The fraction of sp³-hybridized carbons (Fsp3) is 0.250. The molecule has 1 aliphatic rings. The van der Waals surface area contributed by atoms with Gasteiger partial charge in [-0.2, -0.15) is 5.16 Å². The monoisotopic (exact) mass is 297 g/mol. The molecule has 2 atom stereocenters. The van der Waals surface area contributed by atoms with E-state index >= 15 is 0 Å². The van der Waals surface area contributed by atoms with Gasteiger partial charge in [-0.1, -0.05) is 6.07 Å². The zero-order valence-corrected chi connectivity index (χ0v) is 10.3. The van der Waals surface area contributed by atoms with Crippen LogP contribution in [0.15, 0.2) is 38.1 Å². The predicted octanol–water partition coefficient (Wildman–Crippen LogP) is 3.14. The van der Waals surface area contributed by atoms with Gasteiger partial charge in [0, 0.05) is 12.0 Å². The van der Waals surface area contributed by atoms with E-state index in [4.69, 9.17) is 4.52 Å². The second kappa shape index (κ2) is 3.84. The van der Waals surface area contributed by atoms with Crippen molar-refractivity contribution in [3.05, 3.63) is 56.2 Å². The lowest BCUT2D eigenvalue weighted by Crippen LogP contribution is -1.92. The molecular weight excluding hydrogens is 289 g/mol. The normalized spacial score (nSPS) is 22.7. The van der Waals surface area contributed by atoms with Crippen molar-refractivity contribution in [3.8, 4) is 0 Å². The van der Waals surface area contributed by atoms with E-state index in [1.54, 1.807) is 6.07 Å². The summed E-state index contributed by atoms with van der Waals surface area (Å²) >= 11 is 3.12. The van der Waals surface area contributed by atoms with Crippen LogP contribution in [0, 0.1) is 5.82 Å². The van der Waals surface area contributed by atoms with Crippen LogP contribution in [0.4, 0.5) is 4.39 Å². The Morgan fingerprint density at radius 3 is 2.82 bits per heavy atom. The number of hydrogen-bond donors (Lipinski definition) is 1. The van der Waals surface area contributed by atoms with Crippen LogP contribution in [0.25, 0.3) is 0 Å². The number of nitrogens with one attached hydrogen (secondary N) is 1. The summed E-state index contributed by atoms with van der Waals surface area (Å²) in [6, 6.07) is 6.58. The molecule has 1 aromatic heterocycles. The second-order valence-corrected chi connectivity index (χ2v) is 5.09. The molecule has 1 aliphatic carbocycles. The average molecular weight is 298 g/mol. The number of H-pyrrole nitrogens is 1. The minimum absolute atomic E-state index is 0.189. The first kappa shape index (κ1) is 10.8. The Morgan fingerprint density at radius 2 is 2.18 bits per heavy atom. The Bertz CT molecular complexity index is 619. The van der Waals surface area contributed by atoms with Crippen molar-refractivity contribution in [1.29, 1.82) is 0 Å². The zero-order valence-electron chi connectivity index (χ0n) is 8.74. The summed E-state index contributed by atoms with van der Waals surface area (Å²) in [7, 11) is 0. The summed E-state index contributed by atoms with van der Waals surface area (Å²) in [6.07, 6.45) is 0.891. The number of rotatable bonds is 2. The maximum absolute atomic E-state index is 13.4. The first-order valence-corrected chi connectivity index (χ1v) is 6.08. The third-order valence-corrected chi connectivity index (χ3v) is 3.71. The van der Waals surface area contributed by atoms with Crippen molar-refractivity contribution >= 4 is 15.9 Å². The molecule has 88 valence electrons. The molecule has 1 heterocycles. The van der Waals surface area contributed by atoms with E-state index in [9.17, 15) is 9.18 Å². The molecule has 1 fully saturated rings. The first-order valence-electron chi connectivity index (χ1n) is 5.28. The van der Waals surface area contributed by atoms with Crippen LogP contribution in [0.2, 0.25) is 0 Å². The maximum Gasteiger partial charge on any atom is 0.280 e. The zero-order chi connectivity index (χ0) is 12.0. The molecule has 0 aliphatic heterocycles. The SMILES string of the molecule is O=c1cc([C@@H]2C[C@H]2c2ccc(Br)c(F)c2)o[nH]1. The Hall–Kier alpha value is -1.36.